The molecule has 3 nitrogen and oxygen atoms in total. The number of fused-ring (bicyclic) bond motifs is 5. The molecule has 0 spiro atoms. The van der Waals surface area contributed by atoms with Crippen molar-refractivity contribution < 1.29 is 9.53 Å². The van der Waals surface area contributed by atoms with E-state index < -0.39 is 0 Å². The van der Waals surface area contributed by atoms with E-state index in [1.807, 2.05) is 14.1 Å². The maximum atomic E-state index is 12.0. The van der Waals surface area contributed by atoms with E-state index in [0.29, 0.717) is 35.9 Å². The SMILES string of the molecule is CC1C2CC(C3OC23)C1C(=O)N(C)C. The second kappa shape index (κ2) is 2.51. The van der Waals surface area contributed by atoms with Crippen molar-refractivity contribution in [2.45, 2.75) is 25.6 Å². The molecular formula is C11H17NO2. The fraction of sp³-hybridized carbons (Fsp3) is 0.909. The molecule has 2 bridgehead atoms. The maximum absolute atomic E-state index is 12.0. The highest BCUT2D eigenvalue weighted by atomic mass is 16.6. The summed E-state index contributed by atoms with van der Waals surface area (Å²) in [5, 5.41) is 0. The van der Waals surface area contributed by atoms with E-state index in [4.69, 9.17) is 4.74 Å². The standard InChI is InChI=1S/C11H17NO2/c1-5-6-4-7(10-9(6)14-10)8(5)11(13)12(2)3/h5-10H,4H2,1-3H3. The van der Waals surface area contributed by atoms with Gasteiger partial charge in [-0.25, -0.2) is 0 Å². The molecule has 1 amide bonds. The van der Waals surface area contributed by atoms with E-state index in [1.165, 1.54) is 6.42 Å². The second-order valence-electron chi connectivity index (χ2n) is 5.25. The Morgan fingerprint density at radius 1 is 1.29 bits per heavy atom. The smallest absolute Gasteiger partial charge is 0.225 e. The van der Waals surface area contributed by atoms with Gasteiger partial charge in [0.25, 0.3) is 0 Å². The number of nitrogens with zero attached hydrogens (tertiary/aromatic N) is 1. The quantitative estimate of drug-likeness (QED) is 0.578. The Bertz CT molecular complexity index is 289. The molecule has 1 saturated heterocycles. The van der Waals surface area contributed by atoms with Crippen LogP contribution in [-0.2, 0) is 9.53 Å². The van der Waals surface area contributed by atoms with Gasteiger partial charge in [-0.15, -0.1) is 0 Å². The molecule has 78 valence electrons. The van der Waals surface area contributed by atoms with Crippen LogP contribution < -0.4 is 0 Å². The molecule has 0 N–H and O–H groups in total. The molecule has 0 aromatic carbocycles. The van der Waals surface area contributed by atoms with Crippen molar-refractivity contribution in [2.24, 2.45) is 23.7 Å². The van der Waals surface area contributed by atoms with Gasteiger partial charge in [0.1, 0.15) is 0 Å². The van der Waals surface area contributed by atoms with Gasteiger partial charge in [-0.05, 0) is 24.2 Å². The summed E-state index contributed by atoms with van der Waals surface area (Å²) >= 11 is 0. The van der Waals surface area contributed by atoms with Crippen molar-refractivity contribution in [3.63, 3.8) is 0 Å². The van der Waals surface area contributed by atoms with Crippen LogP contribution >= 0.6 is 0 Å². The molecule has 1 heterocycles. The fourth-order valence-corrected chi connectivity index (χ4v) is 3.63. The third-order valence-corrected chi connectivity index (χ3v) is 4.38. The van der Waals surface area contributed by atoms with Crippen LogP contribution in [0, 0.1) is 23.7 Å². The van der Waals surface area contributed by atoms with Crippen molar-refractivity contribution in [2.75, 3.05) is 14.1 Å². The summed E-state index contributed by atoms with van der Waals surface area (Å²) in [6.45, 7) is 2.22. The lowest BCUT2D eigenvalue weighted by atomic mass is 9.80. The van der Waals surface area contributed by atoms with Crippen LogP contribution in [0.1, 0.15) is 13.3 Å². The van der Waals surface area contributed by atoms with E-state index in [9.17, 15) is 4.79 Å². The molecule has 3 aliphatic rings. The molecule has 3 heteroatoms. The van der Waals surface area contributed by atoms with Crippen molar-refractivity contribution >= 4 is 5.91 Å². The zero-order chi connectivity index (χ0) is 10.0. The topological polar surface area (TPSA) is 32.8 Å². The van der Waals surface area contributed by atoms with E-state index in [-0.39, 0.29) is 5.92 Å². The van der Waals surface area contributed by atoms with Crippen LogP contribution in [0.4, 0.5) is 0 Å². The number of ether oxygens (including phenoxy) is 1. The lowest BCUT2D eigenvalue weighted by Gasteiger charge is -2.27. The Kier molecular flexibility index (Phi) is 1.56. The molecule has 1 aliphatic heterocycles. The Morgan fingerprint density at radius 3 is 2.50 bits per heavy atom. The monoisotopic (exact) mass is 195 g/mol. The van der Waals surface area contributed by atoms with Gasteiger partial charge < -0.3 is 9.64 Å². The van der Waals surface area contributed by atoms with Crippen molar-refractivity contribution in [1.82, 2.24) is 4.90 Å². The first-order valence-electron chi connectivity index (χ1n) is 5.48. The minimum absolute atomic E-state index is 0.235. The summed E-state index contributed by atoms with van der Waals surface area (Å²) in [5.41, 5.74) is 0. The Labute approximate surface area is 84.4 Å². The van der Waals surface area contributed by atoms with E-state index in [1.54, 1.807) is 4.90 Å². The highest BCUT2D eigenvalue weighted by Crippen LogP contribution is 2.61. The Morgan fingerprint density at radius 2 is 1.93 bits per heavy atom. The number of epoxide rings is 1. The molecule has 3 rings (SSSR count). The van der Waals surface area contributed by atoms with Gasteiger partial charge in [-0.1, -0.05) is 6.92 Å². The summed E-state index contributed by atoms with van der Waals surface area (Å²) in [7, 11) is 3.71. The van der Waals surface area contributed by atoms with Crippen LogP contribution in [0.5, 0.6) is 0 Å². The molecule has 0 aromatic heterocycles. The third kappa shape index (κ3) is 0.888. The van der Waals surface area contributed by atoms with Gasteiger partial charge in [-0.2, -0.15) is 0 Å². The Balaban J connectivity index is 1.84. The van der Waals surface area contributed by atoms with Crippen LogP contribution in [0.25, 0.3) is 0 Å². The van der Waals surface area contributed by atoms with Gasteiger partial charge in [-0.3, -0.25) is 4.79 Å². The largest absolute Gasteiger partial charge is 0.369 e. The van der Waals surface area contributed by atoms with Gasteiger partial charge in [0, 0.05) is 20.0 Å². The van der Waals surface area contributed by atoms with Crippen molar-refractivity contribution in [3.05, 3.63) is 0 Å². The predicted molar refractivity (Wildman–Crippen MR) is 51.6 cm³/mol. The Hall–Kier alpha value is -0.570. The van der Waals surface area contributed by atoms with Crippen LogP contribution in [0.2, 0.25) is 0 Å². The van der Waals surface area contributed by atoms with Crippen molar-refractivity contribution in [3.8, 4) is 0 Å². The molecule has 6 atom stereocenters. The molecular weight excluding hydrogens is 178 g/mol. The van der Waals surface area contributed by atoms with Crippen molar-refractivity contribution in [1.29, 1.82) is 0 Å². The van der Waals surface area contributed by atoms with Crippen LogP contribution in [0.3, 0.4) is 0 Å². The van der Waals surface area contributed by atoms with E-state index in [0.717, 1.165) is 0 Å². The first kappa shape index (κ1) is 8.72. The molecule has 2 saturated carbocycles. The number of amides is 1. The normalized spacial score (nSPS) is 53.1. The minimum atomic E-state index is 0.235. The van der Waals surface area contributed by atoms with E-state index >= 15 is 0 Å². The summed E-state index contributed by atoms with van der Waals surface area (Å²) < 4.78 is 5.60. The van der Waals surface area contributed by atoms with Gasteiger partial charge >= 0.3 is 0 Å². The fourth-order valence-electron chi connectivity index (χ4n) is 3.63. The highest BCUT2D eigenvalue weighted by molar-refractivity contribution is 5.79. The summed E-state index contributed by atoms with van der Waals surface area (Å²) in [6, 6.07) is 0. The molecule has 0 aromatic rings. The number of hydrogen-bond donors (Lipinski definition) is 0. The van der Waals surface area contributed by atoms with Gasteiger partial charge in [0.15, 0.2) is 0 Å². The highest BCUT2D eigenvalue weighted by Gasteiger charge is 2.67. The molecule has 14 heavy (non-hydrogen) atoms. The number of hydrogen-bond acceptors (Lipinski definition) is 2. The van der Waals surface area contributed by atoms with E-state index in [2.05, 4.69) is 6.92 Å². The lowest BCUT2D eigenvalue weighted by molar-refractivity contribution is -0.136. The predicted octanol–water partition coefficient (Wildman–Crippen LogP) is 0.744. The summed E-state index contributed by atoms with van der Waals surface area (Å²) in [4.78, 5) is 13.7. The summed E-state index contributed by atoms with van der Waals surface area (Å²) in [5.74, 6) is 2.25. The lowest BCUT2D eigenvalue weighted by Crippen LogP contribution is -2.39. The zero-order valence-electron chi connectivity index (χ0n) is 8.93. The zero-order valence-corrected chi connectivity index (χ0v) is 8.93. The first-order valence-corrected chi connectivity index (χ1v) is 5.48. The maximum Gasteiger partial charge on any atom is 0.225 e. The third-order valence-electron chi connectivity index (χ3n) is 4.38. The van der Waals surface area contributed by atoms with Crippen LogP contribution in [0.15, 0.2) is 0 Å². The molecule has 6 unspecified atom stereocenters. The van der Waals surface area contributed by atoms with Gasteiger partial charge in [0.2, 0.25) is 5.91 Å². The van der Waals surface area contributed by atoms with Gasteiger partial charge in [0.05, 0.1) is 12.2 Å². The molecule has 3 fully saturated rings. The second-order valence-corrected chi connectivity index (χ2v) is 5.25. The average molecular weight is 195 g/mol. The average Bonchev–Trinajstić information content (AvgIpc) is 2.77. The minimum Gasteiger partial charge on any atom is -0.369 e. The molecule has 2 aliphatic carbocycles. The number of rotatable bonds is 1. The number of carbonyl (C=O) groups is 1. The summed E-state index contributed by atoms with van der Waals surface area (Å²) in [6.07, 6.45) is 2.17. The number of carbonyl (C=O) groups excluding carboxylic acids is 1. The first-order chi connectivity index (χ1) is 6.61. The van der Waals surface area contributed by atoms with Crippen LogP contribution in [-0.4, -0.2) is 37.1 Å². The molecule has 0 radical (unpaired) electrons.